The van der Waals surface area contributed by atoms with Crippen molar-refractivity contribution in [2.24, 2.45) is 0 Å². The number of anilines is 1. The Bertz CT molecular complexity index is 639. The average molecular weight is 253 g/mol. The average Bonchev–Trinajstić information content (AvgIpc) is 2.45. The minimum atomic E-state index is 0.699. The molecule has 0 unspecified atom stereocenters. The van der Waals surface area contributed by atoms with Gasteiger partial charge in [-0.3, -0.25) is 0 Å². The zero-order chi connectivity index (χ0) is 13.7. The lowest BCUT2D eigenvalue weighted by Crippen LogP contribution is -1.90. The summed E-state index contributed by atoms with van der Waals surface area (Å²) in [5.41, 5.74) is 8.06. The Morgan fingerprint density at radius 2 is 1.79 bits per heavy atom. The number of rotatable bonds is 2. The molecule has 0 fully saturated rings. The summed E-state index contributed by atoms with van der Waals surface area (Å²) < 4.78 is 10.5. The second-order valence-corrected chi connectivity index (χ2v) is 3.94. The van der Waals surface area contributed by atoms with E-state index >= 15 is 0 Å². The van der Waals surface area contributed by atoms with Crippen LogP contribution in [0.5, 0.6) is 11.5 Å². The van der Waals surface area contributed by atoms with Gasteiger partial charge in [0.2, 0.25) is 0 Å². The van der Waals surface area contributed by atoms with Crippen molar-refractivity contribution >= 4 is 5.69 Å². The molecule has 0 bridgehead atoms. The van der Waals surface area contributed by atoms with Crippen LogP contribution in [0.3, 0.4) is 0 Å². The molecular formula is C16H15NO2. The van der Waals surface area contributed by atoms with Crippen molar-refractivity contribution in [3.05, 3.63) is 53.6 Å². The second kappa shape index (κ2) is 5.83. The van der Waals surface area contributed by atoms with E-state index in [9.17, 15) is 0 Å². The molecule has 0 aliphatic rings. The van der Waals surface area contributed by atoms with Crippen LogP contribution < -0.4 is 15.2 Å². The molecule has 19 heavy (non-hydrogen) atoms. The molecule has 2 rings (SSSR count). The summed E-state index contributed by atoms with van der Waals surface area (Å²) in [6.45, 7) is 0. The van der Waals surface area contributed by atoms with E-state index in [2.05, 4.69) is 11.8 Å². The van der Waals surface area contributed by atoms with Gasteiger partial charge >= 0.3 is 0 Å². The Morgan fingerprint density at radius 1 is 0.947 bits per heavy atom. The van der Waals surface area contributed by atoms with Crippen molar-refractivity contribution in [3.63, 3.8) is 0 Å². The molecule has 2 aromatic rings. The smallest absolute Gasteiger partial charge is 0.134 e. The molecule has 0 atom stereocenters. The van der Waals surface area contributed by atoms with E-state index in [0.29, 0.717) is 5.69 Å². The molecule has 0 spiro atoms. The molecule has 0 saturated carbocycles. The molecule has 2 N–H and O–H groups in total. The first-order chi connectivity index (χ1) is 9.22. The molecule has 0 radical (unpaired) electrons. The van der Waals surface area contributed by atoms with E-state index in [-0.39, 0.29) is 0 Å². The predicted molar refractivity (Wildman–Crippen MR) is 76.4 cm³/mol. The van der Waals surface area contributed by atoms with Gasteiger partial charge in [0, 0.05) is 11.3 Å². The van der Waals surface area contributed by atoms with Gasteiger partial charge in [-0.1, -0.05) is 17.9 Å². The monoisotopic (exact) mass is 253 g/mol. The van der Waals surface area contributed by atoms with Crippen LogP contribution in [0.15, 0.2) is 42.5 Å². The standard InChI is InChI=1S/C16H15NO2/c1-18-15-8-9-16(19-2)13(11-15)7-6-12-4-3-5-14(17)10-12/h3-5,8-11H,17H2,1-2H3. The summed E-state index contributed by atoms with van der Waals surface area (Å²) in [6.07, 6.45) is 0. The van der Waals surface area contributed by atoms with Crippen molar-refractivity contribution in [1.82, 2.24) is 0 Å². The predicted octanol–water partition coefficient (Wildman–Crippen LogP) is 2.69. The van der Waals surface area contributed by atoms with E-state index in [4.69, 9.17) is 15.2 Å². The van der Waals surface area contributed by atoms with E-state index in [1.165, 1.54) is 0 Å². The third kappa shape index (κ3) is 3.20. The summed E-state index contributed by atoms with van der Waals surface area (Å²) in [5.74, 6) is 7.60. The van der Waals surface area contributed by atoms with Gasteiger partial charge in [0.15, 0.2) is 0 Å². The maximum absolute atomic E-state index is 5.72. The number of nitrogen functional groups attached to an aromatic ring is 1. The Labute approximate surface area is 113 Å². The Kier molecular flexibility index (Phi) is 3.94. The van der Waals surface area contributed by atoms with E-state index < -0.39 is 0 Å². The largest absolute Gasteiger partial charge is 0.497 e. The number of hydrogen-bond acceptors (Lipinski definition) is 3. The molecule has 0 aliphatic carbocycles. The summed E-state index contributed by atoms with van der Waals surface area (Å²) >= 11 is 0. The highest BCUT2D eigenvalue weighted by Crippen LogP contribution is 2.23. The van der Waals surface area contributed by atoms with Crippen LogP contribution in [0.25, 0.3) is 0 Å². The number of methoxy groups -OCH3 is 2. The lowest BCUT2D eigenvalue weighted by atomic mass is 10.1. The first kappa shape index (κ1) is 12.8. The summed E-state index contributed by atoms with van der Waals surface area (Å²) in [7, 11) is 3.24. The molecule has 0 aromatic heterocycles. The topological polar surface area (TPSA) is 44.5 Å². The van der Waals surface area contributed by atoms with Crippen LogP contribution in [-0.2, 0) is 0 Å². The number of benzene rings is 2. The molecule has 0 heterocycles. The van der Waals surface area contributed by atoms with Crippen LogP contribution in [0.1, 0.15) is 11.1 Å². The van der Waals surface area contributed by atoms with E-state index in [0.717, 1.165) is 22.6 Å². The van der Waals surface area contributed by atoms with Gasteiger partial charge in [0.25, 0.3) is 0 Å². The van der Waals surface area contributed by atoms with E-state index in [1.54, 1.807) is 14.2 Å². The lowest BCUT2D eigenvalue weighted by Gasteiger charge is -2.05. The maximum atomic E-state index is 5.72. The van der Waals surface area contributed by atoms with Crippen molar-refractivity contribution in [2.75, 3.05) is 20.0 Å². The van der Waals surface area contributed by atoms with Crippen LogP contribution in [-0.4, -0.2) is 14.2 Å². The normalized spacial score (nSPS) is 9.37. The molecule has 3 heteroatoms. The quantitative estimate of drug-likeness (QED) is 0.661. The Morgan fingerprint density at radius 3 is 2.47 bits per heavy atom. The minimum Gasteiger partial charge on any atom is -0.497 e. The first-order valence-corrected chi connectivity index (χ1v) is 5.82. The third-order valence-corrected chi connectivity index (χ3v) is 2.63. The van der Waals surface area contributed by atoms with Crippen molar-refractivity contribution in [3.8, 4) is 23.3 Å². The van der Waals surface area contributed by atoms with E-state index in [1.807, 2.05) is 42.5 Å². The summed E-state index contributed by atoms with van der Waals surface area (Å²) in [4.78, 5) is 0. The Balaban J connectivity index is 2.37. The first-order valence-electron chi connectivity index (χ1n) is 5.82. The van der Waals surface area contributed by atoms with Crippen LogP contribution in [0, 0.1) is 11.8 Å². The molecule has 0 amide bonds. The SMILES string of the molecule is COc1ccc(OC)c(C#Cc2cccc(N)c2)c1. The zero-order valence-electron chi connectivity index (χ0n) is 10.9. The van der Waals surface area contributed by atoms with Gasteiger partial charge in [-0.15, -0.1) is 0 Å². The molecule has 0 saturated heterocycles. The third-order valence-electron chi connectivity index (χ3n) is 2.63. The van der Waals surface area contributed by atoms with Gasteiger partial charge in [-0.05, 0) is 36.4 Å². The highest BCUT2D eigenvalue weighted by atomic mass is 16.5. The molecule has 3 nitrogen and oxygen atoms in total. The van der Waals surface area contributed by atoms with Crippen LogP contribution >= 0.6 is 0 Å². The fraction of sp³-hybridized carbons (Fsp3) is 0.125. The highest BCUT2D eigenvalue weighted by Gasteiger charge is 2.01. The van der Waals surface area contributed by atoms with Gasteiger partial charge in [0.05, 0.1) is 19.8 Å². The number of ether oxygens (including phenoxy) is 2. The second-order valence-electron chi connectivity index (χ2n) is 3.94. The fourth-order valence-electron chi connectivity index (χ4n) is 1.67. The van der Waals surface area contributed by atoms with Crippen molar-refractivity contribution in [1.29, 1.82) is 0 Å². The fourth-order valence-corrected chi connectivity index (χ4v) is 1.67. The van der Waals surface area contributed by atoms with Crippen LogP contribution in [0.2, 0.25) is 0 Å². The number of nitrogens with two attached hydrogens (primary N) is 1. The molecule has 96 valence electrons. The van der Waals surface area contributed by atoms with Crippen molar-refractivity contribution < 1.29 is 9.47 Å². The van der Waals surface area contributed by atoms with Gasteiger partial charge < -0.3 is 15.2 Å². The highest BCUT2D eigenvalue weighted by molar-refractivity contribution is 5.54. The maximum Gasteiger partial charge on any atom is 0.134 e. The van der Waals surface area contributed by atoms with Crippen molar-refractivity contribution in [2.45, 2.75) is 0 Å². The zero-order valence-corrected chi connectivity index (χ0v) is 10.9. The minimum absolute atomic E-state index is 0.699. The van der Waals surface area contributed by atoms with Gasteiger partial charge in [-0.25, -0.2) is 0 Å². The Hall–Kier alpha value is -2.60. The molecule has 0 aliphatic heterocycles. The van der Waals surface area contributed by atoms with Gasteiger partial charge in [0.1, 0.15) is 11.5 Å². The molecule has 2 aromatic carbocycles. The van der Waals surface area contributed by atoms with Crippen LogP contribution in [0.4, 0.5) is 5.69 Å². The lowest BCUT2D eigenvalue weighted by molar-refractivity contribution is 0.402. The summed E-state index contributed by atoms with van der Waals surface area (Å²) in [5, 5.41) is 0. The van der Waals surface area contributed by atoms with Gasteiger partial charge in [-0.2, -0.15) is 0 Å². The number of hydrogen-bond donors (Lipinski definition) is 1. The summed E-state index contributed by atoms with van der Waals surface area (Å²) in [6, 6.07) is 13.0. The molecular weight excluding hydrogens is 238 g/mol.